The fourth-order valence-corrected chi connectivity index (χ4v) is 1.25. The minimum absolute atomic E-state index is 0.417. The van der Waals surface area contributed by atoms with E-state index >= 15 is 0 Å². The Bertz CT molecular complexity index is 214. The molecule has 6 heteroatoms. The van der Waals surface area contributed by atoms with Crippen molar-refractivity contribution in [2.24, 2.45) is 17.3 Å². The second-order valence-corrected chi connectivity index (χ2v) is 2.87. The molecule has 12 heavy (non-hydrogen) atoms. The molecule has 1 heterocycles. The minimum atomic E-state index is -0.670. The predicted molar refractivity (Wildman–Crippen MR) is 44.7 cm³/mol. The summed E-state index contributed by atoms with van der Waals surface area (Å²) < 4.78 is 0. The average molecular weight is 173 g/mol. The van der Waals surface area contributed by atoms with Gasteiger partial charge in [-0.2, -0.15) is 0 Å². The van der Waals surface area contributed by atoms with E-state index in [1.165, 1.54) is 10.1 Å². The molecule has 7 N–H and O–H groups in total. The van der Waals surface area contributed by atoms with Crippen molar-refractivity contribution < 1.29 is 5.11 Å². The van der Waals surface area contributed by atoms with Gasteiger partial charge in [-0.05, 0) is 6.92 Å². The smallest absolute Gasteiger partial charge is 0.120 e. The van der Waals surface area contributed by atoms with Crippen molar-refractivity contribution in [1.82, 2.24) is 10.1 Å². The van der Waals surface area contributed by atoms with Crippen molar-refractivity contribution in [2.45, 2.75) is 19.2 Å². The van der Waals surface area contributed by atoms with E-state index in [1.807, 2.05) is 0 Å². The molecule has 2 unspecified atom stereocenters. The van der Waals surface area contributed by atoms with Crippen LogP contribution < -0.4 is 17.3 Å². The molecule has 1 aliphatic heterocycles. The van der Waals surface area contributed by atoms with Crippen LogP contribution in [0.3, 0.4) is 0 Å². The summed E-state index contributed by atoms with van der Waals surface area (Å²) in [4.78, 5) is 0. The Kier molecular flexibility index (Phi) is 2.25. The third-order valence-corrected chi connectivity index (χ3v) is 2.04. The van der Waals surface area contributed by atoms with E-state index in [2.05, 4.69) is 0 Å². The summed E-state index contributed by atoms with van der Waals surface area (Å²) >= 11 is 0. The molecule has 0 aromatic carbocycles. The summed E-state index contributed by atoms with van der Waals surface area (Å²) in [6, 6.07) is 0. The van der Waals surface area contributed by atoms with Gasteiger partial charge >= 0.3 is 0 Å². The zero-order valence-corrected chi connectivity index (χ0v) is 7.23. The quantitative estimate of drug-likeness (QED) is 0.337. The van der Waals surface area contributed by atoms with Crippen LogP contribution in [0.15, 0.2) is 11.4 Å². The second-order valence-electron chi connectivity index (χ2n) is 2.87. The van der Waals surface area contributed by atoms with E-state index in [1.54, 1.807) is 14.0 Å². The number of aliphatic hydroxyl groups is 1. The van der Waals surface area contributed by atoms with E-state index in [-0.39, 0.29) is 0 Å². The molecule has 0 spiro atoms. The highest BCUT2D eigenvalue weighted by Crippen LogP contribution is 2.21. The number of hydrogen-bond acceptors (Lipinski definition) is 6. The topological polar surface area (TPSA) is 105 Å². The molecule has 0 bridgehead atoms. The molecule has 1 aliphatic rings. The maximum absolute atomic E-state index is 9.30. The first-order chi connectivity index (χ1) is 5.46. The van der Waals surface area contributed by atoms with E-state index in [4.69, 9.17) is 17.3 Å². The van der Waals surface area contributed by atoms with Gasteiger partial charge in [0.25, 0.3) is 0 Å². The lowest BCUT2D eigenvalue weighted by atomic mass is 10.1. The SMILES string of the molecule is CC(O)C1=C(N)N(C)N(N)C1N. The fraction of sp³-hybridized carbons (Fsp3) is 0.667. The highest BCUT2D eigenvalue weighted by atomic mass is 16.3. The Morgan fingerprint density at radius 2 is 2.08 bits per heavy atom. The minimum Gasteiger partial charge on any atom is -0.389 e. The van der Waals surface area contributed by atoms with Crippen LogP contribution in [0.5, 0.6) is 0 Å². The molecule has 0 aromatic rings. The van der Waals surface area contributed by atoms with Crippen LogP contribution in [0.25, 0.3) is 0 Å². The van der Waals surface area contributed by atoms with Crippen molar-refractivity contribution in [3.05, 3.63) is 11.4 Å². The van der Waals surface area contributed by atoms with Gasteiger partial charge in [-0.3, -0.25) is 5.01 Å². The van der Waals surface area contributed by atoms with E-state index in [0.29, 0.717) is 11.4 Å². The first kappa shape index (κ1) is 9.27. The number of hydrazine groups is 2. The van der Waals surface area contributed by atoms with Crippen molar-refractivity contribution in [2.75, 3.05) is 7.05 Å². The fourth-order valence-electron chi connectivity index (χ4n) is 1.25. The van der Waals surface area contributed by atoms with E-state index in [9.17, 15) is 5.11 Å². The molecule has 0 aliphatic carbocycles. The highest BCUT2D eigenvalue weighted by molar-refractivity contribution is 5.22. The summed E-state index contributed by atoms with van der Waals surface area (Å²) in [5.74, 6) is 5.96. The molecule has 0 radical (unpaired) electrons. The molecule has 6 nitrogen and oxygen atoms in total. The van der Waals surface area contributed by atoms with Gasteiger partial charge in [-0.15, -0.1) is 5.12 Å². The zero-order chi connectivity index (χ0) is 9.46. The molecule has 2 atom stereocenters. The lowest BCUT2D eigenvalue weighted by molar-refractivity contribution is 0.0264. The molecule has 0 fully saturated rings. The molecule has 0 saturated carbocycles. The van der Waals surface area contributed by atoms with Gasteiger partial charge in [0.2, 0.25) is 0 Å². The number of aliphatic hydroxyl groups excluding tert-OH is 1. The first-order valence-electron chi connectivity index (χ1n) is 3.67. The number of rotatable bonds is 1. The van der Waals surface area contributed by atoms with Crippen molar-refractivity contribution in [3.63, 3.8) is 0 Å². The van der Waals surface area contributed by atoms with Crippen LogP contribution in [0.2, 0.25) is 0 Å². The normalized spacial score (nSPS) is 28.4. The Hall–Kier alpha value is -0.820. The lowest BCUT2D eigenvalue weighted by Gasteiger charge is -2.24. The van der Waals surface area contributed by atoms with Crippen molar-refractivity contribution in [3.8, 4) is 0 Å². The molecule has 1 rings (SSSR count). The summed E-state index contributed by atoms with van der Waals surface area (Å²) in [5, 5.41) is 12.1. The Morgan fingerprint density at radius 3 is 2.25 bits per heavy atom. The molecule has 0 aromatic heterocycles. The van der Waals surface area contributed by atoms with Gasteiger partial charge in [-0.25, -0.2) is 5.84 Å². The van der Waals surface area contributed by atoms with Gasteiger partial charge in [0, 0.05) is 12.6 Å². The average Bonchev–Trinajstić information content (AvgIpc) is 2.16. The lowest BCUT2D eigenvalue weighted by Crippen LogP contribution is -2.51. The van der Waals surface area contributed by atoms with Gasteiger partial charge in [-0.1, -0.05) is 0 Å². The maximum atomic E-state index is 9.30. The van der Waals surface area contributed by atoms with Crippen LogP contribution in [-0.2, 0) is 0 Å². The Morgan fingerprint density at radius 1 is 1.58 bits per heavy atom. The molecule has 0 saturated heterocycles. The van der Waals surface area contributed by atoms with Crippen LogP contribution in [0, 0.1) is 0 Å². The van der Waals surface area contributed by atoms with Crippen molar-refractivity contribution in [1.29, 1.82) is 0 Å². The Labute approximate surface area is 71.1 Å². The summed E-state index contributed by atoms with van der Waals surface area (Å²) in [6.07, 6.45) is -1.20. The molecule has 0 amide bonds. The number of nitrogens with two attached hydrogens (primary N) is 3. The zero-order valence-electron chi connectivity index (χ0n) is 7.23. The summed E-state index contributed by atoms with van der Waals surface area (Å²) in [6.45, 7) is 1.61. The van der Waals surface area contributed by atoms with E-state index < -0.39 is 12.3 Å². The molecule has 70 valence electrons. The third-order valence-electron chi connectivity index (χ3n) is 2.04. The third kappa shape index (κ3) is 1.14. The highest BCUT2D eigenvalue weighted by Gasteiger charge is 2.33. The first-order valence-corrected chi connectivity index (χ1v) is 3.67. The van der Waals surface area contributed by atoms with Crippen LogP contribution >= 0.6 is 0 Å². The largest absolute Gasteiger partial charge is 0.389 e. The van der Waals surface area contributed by atoms with Crippen molar-refractivity contribution >= 4 is 0 Å². The number of hydrogen-bond donors (Lipinski definition) is 4. The second kappa shape index (κ2) is 2.91. The van der Waals surface area contributed by atoms with Gasteiger partial charge in [0.1, 0.15) is 12.0 Å². The summed E-state index contributed by atoms with van der Waals surface area (Å²) in [5.41, 5.74) is 11.9. The monoisotopic (exact) mass is 173 g/mol. The standard InChI is InChI=1S/C6H15N5O/c1-3(12)4-5(7)10(2)11(9)6(4)8/h3,6,12H,7-9H2,1-2H3. The maximum Gasteiger partial charge on any atom is 0.120 e. The molecular formula is C6H15N5O. The predicted octanol–water partition coefficient (Wildman–Crippen LogP) is -2.14. The number of nitrogens with zero attached hydrogens (tertiary/aromatic N) is 2. The van der Waals surface area contributed by atoms with E-state index in [0.717, 1.165) is 0 Å². The van der Waals surface area contributed by atoms with Gasteiger partial charge < -0.3 is 16.6 Å². The van der Waals surface area contributed by atoms with Gasteiger partial charge in [0.05, 0.1) is 6.10 Å². The van der Waals surface area contributed by atoms with Crippen LogP contribution in [-0.4, -0.2) is 34.6 Å². The summed E-state index contributed by atoms with van der Waals surface area (Å²) in [7, 11) is 1.69. The Balaban J connectivity index is 2.96. The van der Waals surface area contributed by atoms with Crippen LogP contribution in [0.4, 0.5) is 0 Å². The van der Waals surface area contributed by atoms with Crippen LogP contribution in [0.1, 0.15) is 6.92 Å². The molecular weight excluding hydrogens is 158 g/mol. The van der Waals surface area contributed by atoms with Gasteiger partial charge in [0.15, 0.2) is 0 Å².